The Hall–Kier alpha value is -0.480. The van der Waals surface area contributed by atoms with E-state index in [0.29, 0.717) is 0 Å². The van der Waals surface area contributed by atoms with Gasteiger partial charge in [0.2, 0.25) is 0 Å². The second kappa shape index (κ2) is 2.87. The zero-order chi connectivity index (χ0) is 8.48. The maximum atomic E-state index is 12.0. The van der Waals surface area contributed by atoms with E-state index in [4.69, 9.17) is 5.11 Å². The first-order valence-corrected chi connectivity index (χ1v) is 3.46. The largest absolute Gasteiger partial charge is 0.394 e. The van der Waals surface area contributed by atoms with Gasteiger partial charge in [-0.2, -0.15) is 8.78 Å². The third-order valence-corrected chi connectivity index (χ3v) is 1.95. The van der Waals surface area contributed by atoms with E-state index in [1.54, 1.807) is 6.92 Å². The first-order chi connectivity index (χ1) is 5.07. The fourth-order valence-corrected chi connectivity index (χ4v) is 1.16. The smallest absolute Gasteiger partial charge is 0.270 e. The van der Waals surface area contributed by atoms with Crippen molar-refractivity contribution in [1.29, 1.82) is 0 Å². The quantitative estimate of drug-likeness (QED) is 0.601. The van der Waals surface area contributed by atoms with Crippen molar-refractivity contribution in [1.82, 2.24) is 5.32 Å². The first kappa shape index (κ1) is 8.62. The van der Waals surface area contributed by atoms with Gasteiger partial charge in [0.15, 0.2) is 0 Å². The van der Waals surface area contributed by atoms with E-state index in [1.165, 1.54) is 0 Å². The molecular weight excluding hydrogens is 152 g/mol. The second-order valence-electron chi connectivity index (χ2n) is 3.11. The van der Waals surface area contributed by atoms with Crippen LogP contribution in [-0.2, 0) is 0 Å². The van der Waals surface area contributed by atoms with Gasteiger partial charge >= 0.3 is 0 Å². The minimum Gasteiger partial charge on any atom is -0.394 e. The molecule has 0 radical (unpaired) electrons. The van der Waals surface area contributed by atoms with E-state index >= 15 is 0 Å². The molecule has 11 heavy (non-hydrogen) atoms. The SMILES string of the molecule is C[C@@]1(CO)CC(=C(F)F)CN1. The number of hydrogen-bond donors (Lipinski definition) is 2. The van der Waals surface area contributed by atoms with Crippen molar-refractivity contribution in [2.24, 2.45) is 0 Å². The molecule has 1 aliphatic rings. The van der Waals surface area contributed by atoms with Gasteiger partial charge in [0, 0.05) is 17.7 Å². The van der Waals surface area contributed by atoms with Crippen LogP contribution in [0.3, 0.4) is 0 Å². The van der Waals surface area contributed by atoms with E-state index in [0.717, 1.165) is 0 Å². The van der Waals surface area contributed by atoms with Crippen molar-refractivity contribution in [3.63, 3.8) is 0 Å². The fourth-order valence-electron chi connectivity index (χ4n) is 1.16. The molecule has 1 aliphatic heterocycles. The van der Waals surface area contributed by atoms with Crippen LogP contribution in [0.2, 0.25) is 0 Å². The minimum atomic E-state index is -1.62. The molecule has 1 heterocycles. The monoisotopic (exact) mass is 163 g/mol. The zero-order valence-corrected chi connectivity index (χ0v) is 6.32. The fraction of sp³-hybridized carbons (Fsp3) is 0.714. The van der Waals surface area contributed by atoms with Crippen molar-refractivity contribution in [3.05, 3.63) is 11.7 Å². The number of aliphatic hydroxyl groups excluding tert-OH is 1. The van der Waals surface area contributed by atoms with E-state index in [1.807, 2.05) is 0 Å². The summed E-state index contributed by atoms with van der Waals surface area (Å²) in [7, 11) is 0. The van der Waals surface area contributed by atoms with Crippen LogP contribution < -0.4 is 5.32 Å². The van der Waals surface area contributed by atoms with Crippen LogP contribution in [0.15, 0.2) is 11.7 Å². The maximum Gasteiger partial charge on any atom is 0.270 e. The summed E-state index contributed by atoms with van der Waals surface area (Å²) >= 11 is 0. The van der Waals surface area contributed by atoms with Gasteiger partial charge in [0.1, 0.15) is 0 Å². The molecule has 0 unspecified atom stereocenters. The van der Waals surface area contributed by atoms with Crippen molar-refractivity contribution in [2.45, 2.75) is 18.9 Å². The molecule has 0 spiro atoms. The average molecular weight is 163 g/mol. The highest BCUT2D eigenvalue weighted by molar-refractivity contribution is 5.16. The van der Waals surface area contributed by atoms with Gasteiger partial charge in [-0.1, -0.05) is 0 Å². The lowest BCUT2D eigenvalue weighted by atomic mass is 10.0. The summed E-state index contributed by atoms with van der Waals surface area (Å²) in [5.41, 5.74) is -0.430. The Morgan fingerprint density at radius 1 is 1.73 bits per heavy atom. The topological polar surface area (TPSA) is 32.3 Å². The highest BCUT2D eigenvalue weighted by Gasteiger charge is 2.32. The molecule has 2 N–H and O–H groups in total. The van der Waals surface area contributed by atoms with Gasteiger partial charge < -0.3 is 10.4 Å². The standard InChI is InChI=1S/C7H11F2NO/c1-7(4-11)2-5(3-10-7)6(8)9/h10-11H,2-4H2,1H3/t7-/m0/s1. The van der Waals surface area contributed by atoms with Gasteiger partial charge in [0.05, 0.1) is 6.61 Å². The van der Waals surface area contributed by atoms with Crippen molar-refractivity contribution in [2.75, 3.05) is 13.2 Å². The van der Waals surface area contributed by atoms with Gasteiger partial charge in [-0.25, -0.2) is 0 Å². The molecule has 0 aromatic carbocycles. The molecular formula is C7H11F2NO. The third kappa shape index (κ3) is 1.75. The summed E-state index contributed by atoms with van der Waals surface area (Å²) in [6.45, 7) is 1.81. The lowest BCUT2D eigenvalue weighted by molar-refractivity contribution is 0.193. The molecule has 64 valence electrons. The van der Waals surface area contributed by atoms with E-state index < -0.39 is 11.6 Å². The molecule has 0 bridgehead atoms. The van der Waals surface area contributed by atoms with Gasteiger partial charge in [-0.15, -0.1) is 0 Å². The van der Waals surface area contributed by atoms with Crippen LogP contribution in [0, 0.1) is 0 Å². The van der Waals surface area contributed by atoms with Crippen molar-refractivity contribution < 1.29 is 13.9 Å². The molecule has 1 saturated heterocycles. The van der Waals surface area contributed by atoms with Gasteiger partial charge in [-0.05, 0) is 13.3 Å². The Labute approximate surface area is 63.9 Å². The number of hydrogen-bond acceptors (Lipinski definition) is 2. The summed E-state index contributed by atoms with van der Waals surface area (Å²) in [4.78, 5) is 0. The minimum absolute atomic E-state index is 0.107. The third-order valence-electron chi connectivity index (χ3n) is 1.95. The van der Waals surface area contributed by atoms with E-state index in [9.17, 15) is 8.78 Å². The molecule has 0 aromatic rings. The molecule has 2 nitrogen and oxygen atoms in total. The molecule has 0 aliphatic carbocycles. The van der Waals surface area contributed by atoms with Gasteiger partial charge in [0.25, 0.3) is 6.08 Å². The summed E-state index contributed by atoms with van der Waals surface area (Å²) in [6.07, 6.45) is -1.37. The summed E-state index contributed by atoms with van der Waals surface area (Å²) in [6, 6.07) is 0. The summed E-state index contributed by atoms with van der Waals surface area (Å²) in [5, 5.41) is 11.6. The first-order valence-electron chi connectivity index (χ1n) is 3.46. The van der Waals surface area contributed by atoms with Gasteiger partial charge in [-0.3, -0.25) is 0 Å². The van der Waals surface area contributed by atoms with E-state index in [2.05, 4.69) is 5.32 Å². The van der Waals surface area contributed by atoms with Crippen molar-refractivity contribution in [3.8, 4) is 0 Å². The Balaban J connectivity index is 2.68. The Morgan fingerprint density at radius 2 is 2.36 bits per heavy atom. The van der Waals surface area contributed by atoms with E-state index in [-0.39, 0.29) is 25.1 Å². The van der Waals surface area contributed by atoms with Crippen LogP contribution in [0.25, 0.3) is 0 Å². The molecule has 4 heteroatoms. The molecule has 0 saturated carbocycles. The normalized spacial score (nSPS) is 31.1. The molecule has 1 rings (SSSR count). The highest BCUT2D eigenvalue weighted by Crippen LogP contribution is 2.25. The lowest BCUT2D eigenvalue weighted by Gasteiger charge is -2.19. The Bertz CT molecular complexity index is 189. The number of aliphatic hydroxyl groups is 1. The predicted molar refractivity (Wildman–Crippen MR) is 37.4 cm³/mol. The van der Waals surface area contributed by atoms with Crippen molar-refractivity contribution >= 4 is 0 Å². The number of halogens is 2. The van der Waals surface area contributed by atoms with Crippen LogP contribution in [0.5, 0.6) is 0 Å². The maximum absolute atomic E-state index is 12.0. The predicted octanol–water partition coefficient (Wildman–Crippen LogP) is 0.881. The molecule has 1 atom stereocenters. The van der Waals surface area contributed by atoms with Crippen LogP contribution in [-0.4, -0.2) is 23.8 Å². The zero-order valence-electron chi connectivity index (χ0n) is 6.32. The number of rotatable bonds is 1. The van der Waals surface area contributed by atoms with Crippen LogP contribution in [0.1, 0.15) is 13.3 Å². The lowest BCUT2D eigenvalue weighted by Crippen LogP contribution is -2.39. The molecule has 0 aromatic heterocycles. The number of nitrogens with one attached hydrogen (secondary N) is 1. The molecule has 0 amide bonds. The Kier molecular flexibility index (Phi) is 2.25. The molecule has 1 fully saturated rings. The summed E-state index contributed by atoms with van der Waals surface area (Å²) in [5.74, 6) is 0. The van der Waals surface area contributed by atoms with Crippen LogP contribution in [0.4, 0.5) is 8.78 Å². The second-order valence-corrected chi connectivity index (χ2v) is 3.11. The van der Waals surface area contributed by atoms with Crippen LogP contribution >= 0.6 is 0 Å². The average Bonchev–Trinajstić information content (AvgIpc) is 2.33. The summed E-state index contributed by atoms with van der Waals surface area (Å²) < 4.78 is 24.0. The Morgan fingerprint density at radius 3 is 2.64 bits per heavy atom. The highest BCUT2D eigenvalue weighted by atomic mass is 19.3.